The van der Waals surface area contributed by atoms with Gasteiger partial charge in [0.15, 0.2) is 0 Å². The van der Waals surface area contributed by atoms with Crippen molar-refractivity contribution in [2.75, 3.05) is 5.75 Å². The van der Waals surface area contributed by atoms with E-state index >= 15 is 0 Å². The number of nitrogens with zero attached hydrogens (tertiary/aromatic N) is 1. The lowest BCUT2D eigenvalue weighted by Crippen LogP contribution is -2.53. The van der Waals surface area contributed by atoms with Crippen molar-refractivity contribution in [2.45, 2.75) is 64.1 Å². The van der Waals surface area contributed by atoms with E-state index in [0.717, 1.165) is 10.5 Å². The molecule has 0 aliphatic carbocycles. The molecule has 2 amide bonds. The molecule has 2 aromatic carbocycles. The molecule has 2 aromatic rings. The van der Waals surface area contributed by atoms with Gasteiger partial charge < -0.3 is 10.2 Å². The quantitative estimate of drug-likeness (QED) is 0.463. The minimum absolute atomic E-state index is 0.141. The molecule has 168 valence electrons. The van der Waals surface area contributed by atoms with Gasteiger partial charge in [0.25, 0.3) is 0 Å². The maximum absolute atomic E-state index is 13.3. The molecule has 0 fully saturated rings. The maximum atomic E-state index is 13.3. The number of halogens is 2. The Hall–Kier alpha value is -1.69. The van der Waals surface area contributed by atoms with E-state index in [4.69, 9.17) is 23.2 Å². The summed E-state index contributed by atoms with van der Waals surface area (Å²) in [5, 5.41) is 3.94. The first kappa shape index (κ1) is 25.6. The first-order chi connectivity index (χ1) is 14.5. The SMILES string of the molecule is CC[C@H](C(=O)NC(C)(C)C)N(Cc1c(Cl)cccc1Cl)C(=O)CSc1ccc(C)cc1. The second-order valence-electron chi connectivity index (χ2n) is 8.49. The number of carbonyl (C=O) groups is 2. The minimum atomic E-state index is -0.627. The predicted octanol–water partition coefficient (Wildman–Crippen LogP) is 6.12. The van der Waals surface area contributed by atoms with E-state index in [0.29, 0.717) is 22.0 Å². The average Bonchev–Trinajstić information content (AvgIpc) is 2.68. The summed E-state index contributed by atoms with van der Waals surface area (Å²) in [4.78, 5) is 28.9. The van der Waals surface area contributed by atoms with Gasteiger partial charge in [0.05, 0.1) is 5.75 Å². The summed E-state index contributed by atoms with van der Waals surface area (Å²) >= 11 is 14.2. The second kappa shape index (κ2) is 11.3. The summed E-state index contributed by atoms with van der Waals surface area (Å²) in [6.45, 7) is 9.84. The van der Waals surface area contributed by atoms with E-state index in [-0.39, 0.29) is 24.1 Å². The minimum Gasteiger partial charge on any atom is -0.350 e. The Kier molecular flexibility index (Phi) is 9.28. The van der Waals surface area contributed by atoms with E-state index in [9.17, 15) is 9.59 Å². The molecule has 0 aromatic heterocycles. The van der Waals surface area contributed by atoms with Crippen LogP contribution in [0.3, 0.4) is 0 Å². The van der Waals surface area contributed by atoms with Crippen LogP contribution in [0.4, 0.5) is 0 Å². The molecule has 31 heavy (non-hydrogen) atoms. The molecule has 1 N–H and O–H groups in total. The lowest BCUT2D eigenvalue weighted by atomic mass is 10.1. The third kappa shape index (κ3) is 7.74. The van der Waals surface area contributed by atoms with Crippen LogP contribution in [0, 0.1) is 6.92 Å². The molecule has 0 spiro atoms. The Labute approximate surface area is 199 Å². The van der Waals surface area contributed by atoms with Crippen molar-refractivity contribution in [1.29, 1.82) is 0 Å². The first-order valence-electron chi connectivity index (χ1n) is 10.3. The third-order valence-electron chi connectivity index (χ3n) is 4.66. The third-order valence-corrected chi connectivity index (χ3v) is 6.36. The maximum Gasteiger partial charge on any atom is 0.243 e. The van der Waals surface area contributed by atoms with Gasteiger partial charge in [-0.05, 0) is 58.4 Å². The van der Waals surface area contributed by atoms with Crippen LogP contribution in [0.2, 0.25) is 10.0 Å². The Morgan fingerprint density at radius 2 is 1.65 bits per heavy atom. The van der Waals surface area contributed by atoms with Crippen LogP contribution in [0.15, 0.2) is 47.4 Å². The molecular formula is C24H30Cl2N2O2S. The number of amides is 2. The van der Waals surface area contributed by atoms with E-state index in [1.807, 2.05) is 58.9 Å². The monoisotopic (exact) mass is 480 g/mol. The van der Waals surface area contributed by atoms with Gasteiger partial charge in [-0.3, -0.25) is 9.59 Å². The largest absolute Gasteiger partial charge is 0.350 e. The number of benzene rings is 2. The van der Waals surface area contributed by atoms with Crippen LogP contribution < -0.4 is 5.32 Å². The van der Waals surface area contributed by atoms with Crippen LogP contribution in [-0.2, 0) is 16.1 Å². The summed E-state index contributed by atoms with van der Waals surface area (Å²) in [6.07, 6.45) is 0.477. The van der Waals surface area contributed by atoms with Crippen molar-refractivity contribution in [2.24, 2.45) is 0 Å². The molecule has 0 aliphatic rings. The molecule has 0 unspecified atom stereocenters. The zero-order valence-electron chi connectivity index (χ0n) is 18.7. The Morgan fingerprint density at radius 1 is 1.06 bits per heavy atom. The highest BCUT2D eigenvalue weighted by atomic mass is 35.5. The lowest BCUT2D eigenvalue weighted by molar-refractivity contribution is -0.140. The fourth-order valence-corrected chi connectivity index (χ4v) is 4.39. The summed E-state index contributed by atoms with van der Waals surface area (Å²) in [7, 11) is 0. The highest BCUT2D eigenvalue weighted by Crippen LogP contribution is 2.28. The van der Waals surface area contributed by atoms with Gasteiger partial charge in [0, 0.05) is 32.6 Å². The van der Waals surface area contributed by atoms with E-state index in [1.54, 1.807) is 23.1 Å². The highest BCUT2D eigenvalue weighted by Gasteiger charge is 2.31. The molecular weight excluding hydrogens is 451 g/mol. The zero-order chi connectivity index (χ0) is 23.2. The Morgan fingerprint density at radius 3 is 2.16 bits per heavy atom. The number of thioether (sulfide) groups is 1. The summed E-state index contributed by atoms with van der Waals surface area (Å²) in [5.74, 6) is -0.117. The van der Waals surface area contributed by atoms with Gasteiger partial charge in [-0.25, -0.2) is 0 Å². The topological polar surface area (TPSA) is 49.4 Å². The number of hydrogen-bond donors (Lipinski definition) is 1. The molecule has 2 rings (SSSR count). The number of carbonyl (C=O) groups excluding carboxylic acids is 2. The van der Waals surface area contributed by atoms with Crippen molar-refractivity contribution < 1.29 is 9.59 Å². The first-order valence-corrected chi connectivity index (χ1v) is 12.0. The Balaban J connectivity index is 2.29. The molecule has 0 radical (unpaired) electrons. The molecule has 0 aliphatic heterocycles. The highest BCUT2D eigenvalue weighted by molar-refractivity contribution is 8.00. The van der Waals surface area contributed by atoms with Crippen LogP contribution in [0.25, 0.3) is 0 Å². The van der Waals surface area contributed by atoms with Crippen molar-refractivity contribution in [1.82, 2.24) is 10.2 Å². The van der Waals surface area contributed by atoms with Crippen LogP contribution >= 0.6 is 35.0 Å². The van der Waals surface area contributed by atoms with Crippen molar-refractivity contribution in [3.8, 4) is 0 Å². The van der Waals surface area contributed by atoms with E-state index in [1.165, 1.54) is 11.8 Å². The van der Waals surface area contributed by atoms with E-state index in [2.05, 4.69) is 5.32 Å². The molecule has 1 atom stereocenters. The van der Waals surface area contributed by atoms with Crippen molar-refractivity contribution >= 4 is 46.8 Å². The number of rotatable bonds is 8. The molecule has 0 heterocycles. The molecule has 0 saturated carbocycles. The standard InChI is InChI=1S/C24H30Cl2N2O2S/c1-6-21(23(30)27-24(3,4)5)28(14-18-19(25)8-7-9-20(18)26)22(29)15-31-17-12-10-16(2)11-13-17/h7-13,21H,6,14-15H2,1-5H3,(H,27,30)/t21-/m1/s1. The number of aryl methyl sites for hydroxylation is 1. The number of hydrogen-bond acceptors (Lipinski definition) is 3. The smallest absolute Gasteiger partial charge is 0.243 e. The van der Waals surface area contributed by atoms with E-state index < -0.39 is 11.6 Å². The Bertz CT molecular complexity index is 891. The molecule has 0 bridgehead atoms. The van der Waals surface area contributed by atoms with Crippen molar-refractivity contribution in [3.63, 3.8) is 0 Å². The van der Waals surface area contributed by atoms with Crippen LogP contribution in [0.5, 0.6) is 0 Å². The van der Waals surface area contributed by atoms with Crippen LogP contribution in [0.1, 0.15) is 45.2 Å². The van der Waals surface area contributed by atoms with Crippen LogP contribution in [-0.4, -0.2) is 34.0 Å². The van der Waals surface area contributed by atoms with Gasteiger partial charge in [-0.2, -0.15) is 0 Å². The summed E-state index contributed by atoms with van der Waals surface area (Å²) < 4.78 is 0. The van der Waals surface area contributed by atoms with Gasteiger partial charge >= 0.3 is 0 Å². The predicted molar refractivity (Wildman–Crippen MR) is 131 cm³/mol. The number of nitrogens with one attached hydrogen (secondary N) is 1. The average molecular weight is 481 g/mol. The van der Waals surface area contributed by atoms with Gasteiger partial charge in [-0.1, -0.05) is 53.9 Å². The fraction of sp³-hybridized carbons (Fsp3) is 0.417. The summed E-state index contributed by atoms with van der Waals surface area (Å²) in [5.41, 5.74) is 1.40. The molecule has 4 nitrogen and oxygen atoms in total. The van der Waals surface area contributed by atoms with Gasteiger partial charge in [-0.15, -0.1) is 11.8 Å². The summed E-state index contributed by atoms with van der Waals surface area (Å²) in [6, 6.07) is 12.6. The molecule has 0 saturated heterocycles. The second-order valence-corrected chi connectivity index (χ2v) is 10.4. The van der Waals surface area contributed by atoms with Gasteiger partial charge in [0.1, 0.15) is 6.04 Å². The zero-order valence-corrected chi connectivity index (χ0v) is 21.0. The van der Waals surface area contributed by atoms with Crippen molar-refractivity contribution in [3.05, 3.63) is 63.6 Å². The van der Waals surface area contributed by atoms with Gasteiger partial charge in [0.2, 0.25) is 11.8 Å². The lowest BCUT2D eigenvalue weighted by Gasteiger charge is -2.33. The fourth-order valence-electron chi connectivity index (χ4n) is 3.09. The normalized spacial score (nSPS) is 12.4. The molecule has 7 heteroatoms.